The molecule has 6 aliphatic rings. The third-order valence-electron chi connectivity index (χ3n) is 12.2. The number of hydrogen-bond acceptors (Lipinski definition) is 9. The quantitative estimate of drug-likeness (QED) is 0.283. The number of amides is 1. The zero-order valence-electron chi connectivity index (χ0n) is 32.5. The van der Waals surface area contributed by atoms with E-state index in [1.165, 1.54) is 27.8 Å². The zero-order valence-corrected chi connectivity index (χ0v) is 32.5. The Balaban J connectivity index is 1.30. The Bertz CT molecular complexity index is 1970. The maximum atomic E-state index is 13.8. The molecular weight excluding hydrogens is 682 g/mol. The van der Waals surface area contributed by atoms with E-state index in [0.29, 0.717) is 56.4 Å². The summed E-state index contributed by atoms with van der Waals surface area (Å²) in [5, 5.41) is 0. The second-order valence-electron chi connectivity index (χ2n) is 15.3. The van der Waals surface area contributed by atoms with Crippen LogP contribution in [0.15, 0.2) is 65.4 Å². The SMILES string of the molecule is COC1=CC(CC(=O)N2CCOCC2)=C2CC1Oc1ccc(cc1)C[C@H]1c3cc(c(C)cc3CCN1C)Oc1c(OC)c(OC)cc3c1[C@H](C2)N(C)CC3. The number of carbonyl (C=O) groups excluding carboxylic acids is 1. The van der Waals surface area contributed by atoms with E-state index < -0.39 is 0 Å². The molecule has 6 bridgehead atoms. The molecule has 1 fully saturated rings. The summed E-state index contributed by atoms with van der Waals surface area (Å²) >= 11 is 0. The summed E-state index contributed by atoms with van der Waals surface area (Å²) < 4.78 is 37.6. The van der Waals surface area contributed by atoms with Crippen LogP contribution in [0.2, 0.25) is 0 Å². The van der Waals surface area contributed by atoms with Crippen LogP contribution in [0.1, 0.15) is 64.7 Å². The smallest absolute Gasteiger partial charge is 0.227 e. The van der Waals surface area contributed by atoms with Crippen molar-refractivity contribution in [2.45, 2.75) is 63.6 Å². The highest BCUT2D eigenvalue weighted by Gasteiger charge is 2.37. The van der Waals surface area contributed by atoms with Crippen molar-refractivity contribution in [3.63, 3.8) is 0 Å². The van der Waals surface area contributed by atoms with Crippen molar-refractivity contribution in [1.82, 2.24) is 14.7 Å². The summed E-state index contributed by atoms with van der Waals surface area (Å²) in [4.78, 5) is 20.6. The summed E-state index contributed by atoms with van der Waals surface area (Å²) in [6.45, 7) is 6.32. The predicted octanol–water partition coefficient (Wildman–Crippen LogP) is 6.74. The highest BCUT2D eigenvalue weighted by Crippen LogP contribution is 2.52. The van der Waals surface area contributed by atoms with Gasteiger partial charge in [0, 0.05) is 50.2 Å². The molecule has 1 unspecified atom stereocenters. The first-order valence-electron chi connectivity index (χ1n) is 19.3. The first kappa shape index (κ1) is 36.5. The minimum absolute atomic E-state index is 0.0693. The zero-order chi connectivity index (χ0) is 37.5. The first-order valence-corrected chi connectivity index (χ1v) is 19.3. The van der Waals surface area contributed by atoms with Gasteiger partial charge < -0.3 is 33.3 Å². The van der Waals surface area contributed by atoms with E-state index in [0.717, 1.165) is 66.3 Å². The van der Waals surface area contributed by atoms with E-state index in [1.807, 2.05) is 4.90 Å². The molecule has 10 nitrogen and oxygen atoms in total. The molecule has 0 saturated carbocycles. The Morgan fingerprint density at radius 2 is 1.57 bits per heavy atom. The molecule has 0 radical (unpaired) electrons. The van der Waals surface area contributed by atoms with Crippen LogP contribution < -0.4 is 18.9 Å². The van der Waals surface area contributed by atoms with Crippen LogP contribution in [0.5, 0.6) is 28.7 Å². The summed E-state index contributed by atoms with van der Waals surface area (Å²) in [6, 6.07) is 15.3. The molecule has 9 rings (SSSR count). The number of methoxy groups -OCH3 is 3. The van der Waals surface area contributed by atoms with E-state index in [1.54, 1.807) is 21.3 Å². The molecule has 0 aromatic heterocycles. The fourth-order valence-electron chi connectivity index (χ4n) is 9.01. The molecule has 5 aliphatic heterocycles. The van der Waals surface area contributed by atoms with Crippen molar-refractivity contribution in [3.05, 3.63) is 98.8 Å². The van der Waals surface area contributed by atoms with Crippen molar-refractivity contribution < 1.29 is 33.2 Å². The standard InChI is InChI=1S/C44H53N3O7/c1-27-19-29-11-13-45(2)35-20-28-7-9-33(10-8-28)53-39-24-31(32(23-38(39)49-4)25-41(48)47-15-17-52-18-16-47)21-36-42-30(12-14-46(36)3)22-40(50-5)43(51-6)44(42)54-37(27)26-34(29)35/h7-10,19,22-23,26,35-36,39H,11-18,20-21,24-25H2,1-6H3/t35-,36-,39?/m0/s1. The normalized spacial score (nSPS) is 23.0. The molecule has 1 aliphatic carbocycles. The number of benzene rings is 3. The number of allylic oxidation sites excluding steroid dienone is 1. The lowest BCUT2D eigenvalue weighted by Gasteiger charge is -2.39. The van der Waals surface area contributed by atoms with E-state index in [9.17, 15) is 4.79 Å². The summed E-state index contributed by atoms with van der Waals surface area (Å²) in [5.41, 5.74) is 9.41. The molecule has 3 aromatic rings. The third kappa shape index (κ3) is 6.95. The maximum absolute atomic E-state index is 13.8. The molecule has 10 heteroatoms. The molecule has 3 atom stereocenters. The van der Waals surface area contributed by atoms with Gasteiger partial charge in [-0.05, 0) is 110 Å². The number of carbonyl (C=O) groups is 1. The highest BCUT2D eigenvalue weighted by atomic mass is 16.5. The second-order valence-corrected chi connectivity index (χ2v) is 15.3. The van der Waals surface area contributed by atoms with E-state index >= 15 is 0 Å². The van der Waals surface area contributed by atoms with Crippen molar-refractivity contribution in [2.24, 2.45) is 0 Å². The Kier molecular flexibility index (Phi) is 10.3. The van der Waals surface area contributed by atoms with Gasteiger partial charge in [-0.25, -0.2) is 0 Å². The average Bonchev–Trinajstić information content (AvgIpc) is 3.18. The molecule has 3 aromatic carbocycles. The van der Waals surface area contributed by atoms with Crippen molar-refractivity contribution in [1.29, 1.82) is 0 Å². The van der Waals surface area contributed by atoms with Crippen LogP contribution in [0.25, 0.3) is 0 Å². The monoisotopic (exact) mass is 735 g/mol. The van der Waals surface area contributed by atoms with Gasteiger partial charge in [-0.2, -0.15) is 0 Å². The van der Waals surface area contributed by atoms with E-state index in [4.69, 9.17) is 28.4 Å². The highest BCUT2D eigenvalue weighted by molar-refractivity contribution is 5.80. The van der Waals surface area contributed by atoms with Crippen LogP contribution in [0.4, 0.5) is 0 Å². The largest absolute Gasteiger partial charge is 0.497 e. The van der Waals surface area contributed by atoms with E-state index in [2.05, 4.69) is 79.4 Å². The second kappa shape index (κ2) is 15.3. The van der Waals surface area contributed by atoms with Gasteiger partial charge in [0.2, 0.25) is 11.7 Å². The topological polar surface area (TPSA) is 82.2 Å². The lowest BCUT2D eigenvalue weighted by molar-refractivity contribution is -0.134. The molecule has 1 saturated heterocycles. The fraction of sp³-hybridized carbons (Fsp3) is 0.477. The van der Waals surface area contributed by atoms with Gasteiger partial charge in [0.05, 0.1) is 41.0 Å². The van der Waals surface area contributed by atoms with Gasteiger partial charge in [-0.3, -0.25) is 14.6 Å². The van der Waals surface area contributed by atoms with Gasteiger partial charge in [-0.1, -0.05) is 23.8 Å². The van der Waals surface area contributed by atoms with Crippen molar-refractivity contribution in [2.75, 3.05) is 74.8 Å². The average molecular weight is 736 g/mol. The number of nitrogens with zero attached hydrogens (tertiary/aromatic N) is 3. The van der Waals surface area contributed by atoms with Crippen molar-refractivity contribution in [3.8, 4) is 28.7 Å². The number of likely N-dealkylation sites (N-methyl/N-ethyl adjacent to an activating group) is 2. The van der Waals surface area contributed by atoms with E-state index in [-0.39, 0.29) is 30.5 Å². The predicted molar refractivity (Wildman–Crippen MR) is 207 cm³/mol. The number of rotatable bonds is 5. The van der Waals surface area contributed by atoms with Gasteiger partial charge in [-0.15, -0.1) is 0 Å². The number of ether oxygens (including phenoxy) is 6. The summed E-state index contributed by atoms with van der Waals surface area (Å²) in [5.74, 6) is 4.36. The number of aryl methyl sites for hydroxylation is 1. The first-order chi connectivity index (χ1) is 26.2. The summed E-state index contributed by atoms with van der Waals surface area (Å²) in [7, 11) is 9.46. The van der Waals surface area contributed by atoms with Crippen LogP contribution >= 0.6 is 0 Å². The molecule has 286 valence electrons. The van der Waals surface area contributed by atoms with Crippen molar-refractivity contribution >= 4 is 5.91 Å². The molecule has 5 heterocycles. The fourth-order valence-corrected chi connectivity index (χ4v) is 9.01. The van der Waals surface area contributed by atoms with Gasteiger partial charge >= 0.3 is 0 Å². The Hall–Kier alpha value is -4.51. The maximum Gasteiger partial charge on any atom is 0.227 e. The summed E-state index contributed by atoms with van der Waals surface area (Å²) in [6.07, 6.45) is 5.94. The lowest BCUT2D eigenvalue weighted by atomic mass is 9.82. The third-order valence-corrected chi connectivity index (χ3v) is 12.2. The lowest BCUT2D eigenvalue weighted by Crippen LogP contribution is -2.41. The van der Waals surface area contributed by atoms with Crippen LogP contribution in [0.3, 0.4) is 0 Å². The number of hydrogen-bond donors (Lipinski definition) is 0. The van der Waals surface area contributed by atoms with Crippen LogP contribution in [0, 0.1) is 6.92 Å². The Labute approximate surface area is 319 Å². The van der Waals surface area contributed by atoms with Crippen LogP contribution in [-0.4, -0.2) is 102 Å². The minimum atomic E-state index is -0.346. The van der Waals surface area contributed by atoms with Crippen LogP contribution in [-0.2, 0) is 33.5 Å². The van der Waals surface area contributed by atoms with Gasteiger partial charge in [0.25, 0.3) is 0 Å². The Morgan fingerprint density at radius 1 is 0.833 bits per heavy atom. The molecule has 54 heavy (non-hydrogen) atoms. The van der Waals surface area contributed by atoms with Gasteiger partial charge in [0.1, 0.15) is 17.3 Å². The number of morpholine rings is 1. The number of fused-ring (bicyclic) bond motifs is 2. The molecule has 0 spiro atoms. The van der Waals surface area contributed by atoms with Gasteiger partial charge in [0.15, 0.2) is 17.6 Å². The minimum Gasteiger partial charge on any atom is -0.497 e. The molecular formula is C44H53N3O7. The molecule has 1 amide bonds. The molecule has 0 N–H and O–H groups in total. The Morgan fingerprint density at radius 3 is 2.30 bits per heavy atom.